The van der Waals surface area contributed by atoms with Crippen molar-refractivity contribution >= 4 is 27.6 Å². The van der Waals surface area contributed by atoms with E-state index in [1.165, 1.54) is 6.07 Å². The first-order valence-electron chi connectivity index (χ1n) is 8.49. The fraction of sp³-hybridized carbons (Fsp3) is 0.316. The Hall–Kier alpha value is -2.12. The number of hydrogen-bond acceptors (Lipinski definition) is 3. The number of likely N-dealkylation sites (N-methyl/N-ethyl adjacent to an activating group) is 1. The van der Waals surface area contributed by atoms with Gasteiger partial charge < -0.3 is 20.2 Å². The van der Waals surface area contributed by atoms with Gasteiger partial charge in [-0.05, 0) is 37.4 Å². The molecule has 0 bridgehead atoms. The Morgan fingerprint density at radius 3 is 2.69 bits per heavy atom. The number of halogens is 2. The van der Waals surface area contributed by atoms with Crippen LogP contribution in [0.3, 0.4) is 0 Å². The monoisotopic (exact) mass is 420 g/mol. The number of nitrogens with zero attached hydrogens (tertiary/aromatic N) is 3. The lowest BCUT2D eigenvalue weighted by molar-refractivity contribution is 0.215. The molecule has 0 saturated carbocycles. The van der Waals surface area contributed by atoms with Crippen LogP contribution in [0.2, 0.25) is 0 Å². The maximum atomic E-state index is 14.0. The Labute approximate surface area is 161 Å². The van der Waals surface area contributed by atoms with E-state index in [1.807, 2.05) is 6.07 Å². The number of guanidine groups is 1. The summed E-state index contributed by atoms with van der Waals surface area (Å²) in [6.07, 6.45) is 0. The first-order valence-corrected chi connectivity index (χ1v) is 9.28. The van der Waals surface area contributed by atoms with Crippen molar-refractivity contribution in [2.75, 3.05) is 38.5 Å². The van der Waals surface area contributed by atoms with Crippen molar-refractivity contribution in [3.8, 4) is 5.75 Å². The number of anilines is 1. The molecule has 1 heterocycles. The van der Waals surface area contributed by atoms with E-state index in [-0.39, 0.29) is 18.1 Å². The highest BCUT2D eigenvalue weighted by molar-refractivity contribution is 9.10. The molecule has 0 atom stereocenters. The number of piperazine rings is 1. The van der Waals surface area contributed by atoms with Crippen LogP contribution in [0.5, 0.6) is 5.75 Å². The van der Waals surface area contributed by atoms with Gasteiger partial charge in [0.2, 0.25) is 0 Å². The van der Waals surface area contributed by atoms with Gasteiger partial charge in [0.05, 0.1) is 6.54 Å². The van der Waals surface area contributed by atoms with Gasteiger partial charge in [0.1, 0.15) is 11.6 Å². The molecule has 0 aromatic heterocycles. The number of nitrogens with one attached hydrogen (secondary N) is 1. The van der Waals surface area contributed by atoms with Gasteiger partial charge in [0, 0.05) is 48.0 Å². The molecule has 3 rings (SSSR count). The lowest BCUT2D eigenvalue weighted by Gasteiger charge is -2.34. The van der Waals surface area contributed by atoms with Crippen LogP contribution in [0.4, 0.5) is 10.1 Å². The minimum absolute atomic E-state index is 0.186. The van der Waals surface area contributed by atoms with Gasteiger partial charge in [-0.15, -0.1) is 0 Å². The smallest absolute Gasteiger partial charge is 0.198 e. The van der Waals surface area contributed by atoms with E-state index in [1.54, 1.807) is 30.3 Å². The van der Waals surface area contributed by atoms with E-state index in [4.69, 9.17) is 0 Å². The molecular formula is C19H22BrFN4O. The Morgan fingerprint density at radius 2 is 1.96 bits per heavy atom. The third-order valence-corrected chi connectivity index (χ3v) is 4.81. The lowest BCUT2D eigenvalue weighted by Crippen LogP contribution is -2.49. The summed E-state index contributed by atoms with van der Waals surface area (Å²) in [6.45, 7) is 3.78. The number of rotatable bonds is 3. The Bertz CT molecular complexity index is 791. The van der Waals surface area contributed by atoms with Crippen molar-refractivity contribution < 1.29 is 9.50 Å². The van der Waals surface area contributed by atoms with Crippen molar-refractivity contribution in [3.63, 3.8) is 0 Å². The highest BCUT2D eigenvalue weighted by Crippen LogP contribution is 2.18. The van der Waals surface area contributed by atoms with Crippen LogP contribution in [0.1, 0.15) is 5.56 Å². The molecule has 138 valence electrons. The maximum absolute atomic E-state index is 14.0. The zero-order valence-corrected chi connectivity index (χ0v) is 16.2. The van der Waals surface area contributed by atoms with Gasteiger partial charge in [0.25, 0.3) is 0 Å². The predicted octanol–water partition coefficient (Wildman–Crippen LogP) is 3.51. The van der Waals surface area contributed by atoms with Gasteiger partial charge in [-0.2, -0.15) is 0 Å². The van der Waals surface area contributed by atoms with Crippen molar-refractivity contribution in [2.45, 2.75) is 6.54 Å². The molecule has 0 unspecified atom stereocenters. The molecule has 2 N–H and O–H groups in total. The second-order valence-electron chi connectivity index (χ2n) is 6.34. The standard InChI is InChI=1S/C19H22BrFN4O/c1-24-7-9-25(10-8-24)19(23-16-3-2-4-17(26)12-16)22-13-14-11-15(20)5-6-18(14)21/h2-6,11-12,26H,7-10,13H2,1H3,(H,22,23). The van der Waals surface area contributed by atoms with Gasteiger partial charge in [0.15, 0.2) is 5.96 Å². The van der Waals surface area contributed by atoms with E-state index in [9.17, 15) is 9.50 Å². The number of phenols is 1. The first-order chi connectivity index (χ1) is 12.5. The molecule has 0 amide bonds. The Morgan fingerprint density at radius 1 is 1.19 bits per heavy atom. The van der Waals surface area contributed by atoms with Crippen LogP contribution < -0.4 is 5.32 Å². The minimum Gasteiger partial charge on any atom is -0.508 e. The topological polar surface area (TPSA) is 51.1 Å². The van der Waals surface area contributed by atoms with Gasteiger partial charge >= 0.3 is 0 Å². The number of aliphatic imine (C=N–C) groups is 1. The summed E-state index contributed by atoms with van der Waals surface area (Å²) in [6, 6.07) is 11.8. The Kier molecular flexibility index (Phi) is 6.11. The summed E-state index contributed by atoms with van der Waals surface area (Å²) in [4.78, 5) is 9.05. The molecule has 1 aliphatic heterocycles. The second-order valence-corrected chi connectivity index (χ2v) is 7.26. The van der Waals surface area contributed by atoms with Crippen LogP contribution in [0.15, 0.2) is 51.9 Å². The van der Waals surface area contributed by atoms with Gasteiger partial charge in [-0.3, -0.25) is 0 Å². The molecular weight excluding hydrogens is 399 g/mol. The molecule has 1 saturated heterocycles. The highest BCUT2D eigenvalue weighted by atomic mass is 79.9. The molecule has 2 aromatic rings. The van der Waals surface area contributed by atoms with Crippen LogP contribution in [0.25, 0.3) is 0 Å². The molecule has 1 aliphatic rings. The highest BCUT2D eigenvalue weighted by Gasteiger charge is 2.18. The third-order valence-electron chi connectivity index (χ3n) is 4.31. The summed E-state index contributed by atoms with van der Waals surface area (Å²) in [7, 11) is 2.09. The normalized spacial score (nSPS) is 16.0. The number of aromatic hydroxyl groups is 1. The van der Waals surface area contributed by atoms with Crippen molar-refractivity contribution in [2.24, 2.45) is 4.99 Å². The zero-order valence-electron chi connectivity index (χ0n) is 14.6. The average Bonchev–Trinajstić information content (AvgIpc) is 2.62. The van der Waals surface area contributed by atoms with Crippen molar-refractivity contribution in [1.29, 1.82) is 0 Å². The summed E-state index contributed by atoms with van der Waals surface area (Å²) in [5, 5.41) is 13.0. The number of phenolic OH excluding ortho intramolecular Hbond substituents is 1. The largest absolute Gasteiger partial charge is 0.508 e. The van der Waals surface area contributed by atoms with E-state index < -0.39 is 0 Å². The molecule has 5 nitrogen and oxygen atoms in total. The van der Waals surface area contributed by atoms with Crippen LogP contribution in [0, 0.1) is 5.82 Å². The summed E-state index contributed by atoms with van der Waals surface area (Å²) in [5.41, 5.74) is 1.28. The lowest BCUT2D eigenvalue weighted by atomic mass is 10.2. The minimum atomic E-state index is -0.271. The van der Waals surface area contributed by atoms with Crippen LogP contribution in [-0.4, -0.2) is 54.1 Å². The summed E-state index contributed by atoms with van der Waals surface area (Å²) >= 11 is 3.37. The molecule has 0 radical (unpaired) electrons. The fourth-order valence-corrected chi connectivity index (χ4v) is 3.18. The molecule has 0 spiro atoms. The zero-order chi connectivity index (χ0) is 18.5. The Balaban J connectivity index is 1.82. The quantitative estimate of drug-likeness (QED) is 0.589. The molecule has 1 fully saturated rings. The predicted molar refractivity (Wildman–Crippen MR) is 106 cm³/mol. The van der Waals surface area contributed by atoms with E-state index in [0.29, 0.717) is 11.5 Å². The van der Waals surface area contributed by atoms with E-state index in [2.05, 4.69) is 43.1 Å². The van der Waals surface area contributed by atoms with Crippen LogP contribution >= 0.6 is 15.9 Å². The van der Waals surface area contributed by atoms with Gasteiger partial charge in [-0.1, -0.05) is 22.0 Å². The molecule has 0 aliphatic carbocycles. The van der Waals surface area contributed by atoms with Gasteiger partial charge in [-0.25, -0.2) is 9.38 Å². The number of benzene rings is 2. The van der Waals surface area contributed by atoms with Crippen LogP contribution in [-0.2, 0) is 6.54 Å². The SMILES string of the molecule is CN1CCN(C(=NCc2cc(Br)ccc2F)Nc2cccc(O)c2)CC1. The third kappa shape index (κ3) is 4.95. The average molecular weight is 421 g/mol. The summed E-state index contributed by atoms with van der Waals surface area (Å²) < 4.78 is 14.9. The summed E-state index contributed by atoms with van der Waals surface area (Å²) in [5.74, 6) is 0.598. The van der Waals surface area contributed by atoms with E-state index in [0.717, 1.165) is 36.3 Å². The first kappa shape index (κ1) is 18.7. The van der Waals surface area contributed by atoms with E-state index >= 15 is 0 Å². The molecule has 2 aromatic carbocycles. The van der Waals surface area contributed by atoms with Crippen molar-refractivity contribution in [1.82, 2.24) is 9.80 Å². The maximum Gasteiger partial charge on any atom is 0.198 e. The van der Waals surface area contributed by atoms with Crippen molar-refractivity contribution in [3.05, 3.63) is 58.3 Å². The molecule has 7 heteroatoms. The number of hydrogen-bond donors (Lipinski definition) is 2. The second kappa shape index (κ2) is 8.51. The molecule has 26 heavy (non-hydrogen) atoms. The fourth-order valence-electron chi connectivity index (χ4n) is 2.77.